The number of H-pyrrole nitrogens is 1. The van der Waals surface area contributed by atoms with Gasteiger partial charge < -0.3 is 18.3 Å². The normalized spacial score (nSPS) is 11.2. The van der Waals surface area contributed by atoms with Crippen LogP contribution in [0.5, 0.6) is 17.2 Å². The van der Waals surface area contributed by atoms with Gasteiger partial charge in [-0.1, -0.05) is 59.6 Å². The summed E-state index contributed by atoms with van der Waals surface area (Å²) in [6, 6.07) is 20.4. The first-order valence-electron chi connectivity index (χ1n) is 11.7. The molecule has 4 aromatic rings. The minimum atomic E-state index is -2.09. The minimum Gasteiger partial charge on any atom is -0.444 e. The summed E-state index contributed by atoms with van der Waals surface area (Å²) >= 11 is 13.0. The summed E-state index contributed by atoms with van der Waals surface area (Å²) in [5, 5.41) is 6.14. The number of carbonyl (C=O) groups is 1. The minimum absolute atomic E-state index is 0.00938. The molecule has 0 unspecified atom stereocenters. The van der Waals surface area contributed by atoms with Gasteiger partial charge in [-0.3, -0.25) is 15.1 Å². The molecule has 0 fully saturated rings. The molecule has 0 aliphatic rings. The largest absolute Gasteiger partial charge is 0.530 e. The summed E-state index contributed by atoms with van der Waals surface area (Å²) in [7, 11) is -2.09. The molecule has 1 heterocycles. The maximum atomic E-state index is 12.5. The third-order valence-corrected chi connectivity index (χ3v) is 6.30. The Balaban J connectivity index is 1.63. The number of ether oxygens (including phenoxy) is 1. The van der Waals surface area contributed by atoms with Crippen molar-refractivity contribution in [3.63, 3.8) is 0 Å². The van der Waals surface area contributed by atoms with Gasteiger partial charge in [0.25, 0.3) is 5.56 Å². The third-order valence-electron chi connectivity index (χ3n) is 4.69. The number of anilines is 1. The molecule has 1 amide bonds. The number of nitrogens with one attached hydrogen (secondary N) is 2. The molecule has 40 heavy (non-hydrogen) atoms. The van der Waals surface area contributed by atoms with Crippen LogP contribution in [-0.2, 0) is 4.74 Å². The molecule has 0 bridgehead atoms. The second-order valence-electron chi connectivity index (χ2n) is 9.01. The highest BCUT2D eigenvalue weighted by Crippen LogP contribution is 2.47. The Hall–Kier alpha value is -4.05. The molecule has 11 nitrogen and oxygen atoms in total. The van der Waals surface area contributed by atoms with Gasteiger partial charge in [-0.25, -0.2) is 9.59 Å². The standard InChI is InChI=1S/C26H23Cl2N4O7P/c1-26(2,3)36-25(35)29-22-23(33)30-24(34)32(31-22)16-14-19(27)21(20(28)15-16)39-40(37-17-10-6-4-7-11-17)38-18-12-8-5-9-13-18/h4-15H,1-3H3,(H,29,31,35)(H,30,33,34). The fraction of sp³-hybridized carbons (Fsp3) is 0.154. The first kappa shape index (κ1) is 28.9. The van der Waals surface area contributed by atoms with Gasteiger partial charge in [-0.2, -0.15) is 4.68 Å². The monoisotopic (exact) mass is 604 g/mol. The van der Waals surface area contributed by atoms with Crippen molar-refractivity contribution < 1.29 is 23.1 Å². The highest BCUT2D eigenvalue weighted by Gasteiger charge is 2.24. The fourth-order valence-electron chi connectivity index (χ4n) is 3.08. The van der Waals surface area contributed by atoms with E-state index in [-0.39, 0.29) is 21.5 Å². The van der Waals surface area contributed by atoms with Crippen molar-refractivity contribution in [1.82, 2.24) is 14.8 Å². The number of halogens is 2. The van der Waals surface area contributed by atoms with Gasteiger partial charge in [0.2, 0.25) is 5.82 Å². The van der Waals surface area contributed by atoms with Gasteiger partial charge in [-0.05, 0) is 57.2 Å². The van der Waals surface area contributed by atoms with Gasteiger partial charge in [0.15, 0.2) is 5.75 Å². The lowest BCUT2D eigenvalue weighted by Crippen LogP contribution is -2.36. The maximum absolute atomic E-state index is 12.5. The number of benzene rings is 3. The average Bonchev–Trinajstić information content (AvgIpc) is 2.88. The van der Waals surface area contributed by atoms with Crippen LogP contribution in [0.15, 0.2) is 82.4 Å². The van der Waals surface area contributed by atoms with Crippen molar-refractivity contribution in [2.75, 3.05) is 5.32 Å². The number of hydrogen-bond acceptors (Lipinski definition) is 8. The van der Waals surface area contributed by atoms with Crippen LogP contribution >= 0.6 is 31.8 Å². The van der Waals surface area contributed by atoms with Gasteiger partial charge in [0, 0.05) is 0 Å². The Morgan fingerprint density at radius 2 is 1.43 bits per heavy atom. The average molecular weight is 605 g/mol. The van der Waals surface area contributed by atoms with Crippen molar-refractivity contribution in [3.8, 4) is 22.9 Å². The summed E-state index contributed by atoms with van der Waals surface area (Å²) in [5.74, 6) is 0.525. The molecule has 0 spiro atoms. The van der Waals surface area contributed by atoms with Crippen LogP contribution in [0.4, 0.5) is 10.6 Å². The summed E-state index contributed by atoms with van der Waals surface area (Å²) in [5.41, 5.74) is -2.57. The number of rotatable bonds is 8. The Bertz CT molecular complexity index is 1550. The summed E-state index contributed by atoms with van der Waals surface area (Å²) in [4.78, 5) is 39.0. The molecule has 208 valence electrons. The maximum Gasteiger partial charge on any atom is 0.530 e. The first-order chi connectivity index (χ1) is 19.0. The predicted molar refractivity (Wildman–Crippen MR) is 152 cm³/mol. The van der Waals surface area contributed by atoms with Crippen molar-refractivity contribution in [3.05, 3.63) is 104 Å². The molecule has 0 aliphatic carbocycles. The zero-order valence-electron chi connectivity index (χ0n) is 21.4. The van der Waals surface area contributed by atoms with Crippen LogP contribution in [0.1, 0.15) is 20.8 Å². The van der Waals surface area contributed by atoms with Crippen molar-refractivity contribution >= 4 is 43.7 Å². The molecule has 0 radical (unpaired) electrons. The lowest BCUT2D eigenvalue weighted by atomic mass is 10.2. The van der Waals surface area contributed by atoms with E-state index in [2.05, 4.69) is 15.4 Å². The number of hydrogen-bond donors (Lipinski definition) is 2. The highest BCUT2D eigenvalue weighted by molar-refractivity contribution is 7.43. The molecular weight excluding hydrogens is 582 g/mol. The number of para-hydroxylation sites is 2. The summed E-state index contributed by atoms with van der Waals surface area (Å²) in [6.07, 6.45) is -0.930. The van der Waals surface area contributed by atoms with Crippen LogP contribution in [0.3, 0.4) is 0 Å². The Morgan fingerprint density at radius 3 is 1.93 bits per heavy atom. The molecule has 4 rings (SSSR count). The van der Waals surface area contributed by atoms with E-state index in [1.54, 1.807) is 69.3 Å². The fourth-order valence-corrected chi connectivity index (χ4v) is 4.78. The Morgan fingerprint density at radius 1 is 0.900 bits per heavy atom. The molecule has 14 heteroatoms. The summed E-state index contributed by atoms with van der Waals surface area (Å²) < 4.78 is 23.7. The van der Waals surface area contributed by atoms with E-state index in [4.69, 9.17) is 41.5 Å². The predicted octanol–water partition coefficient (Wildman–Crippen LogP) is 6.34. The SMILES string of the molecule is CC(C)(C)OC(=O)Nc1nn(-c2cc(Cl)c(OP(Oc3ccccc3)Oc3ccccc3)c(Cl)c2)c(=O)[nH]c1=O. The quantitative estimate of drug-likeness (QED) is 0.223. The number of aromatic nitrogens is 3. The molecule has 0 atom stereocenters. The molecule has 0 saturated heterocycles. The van der Waals surface area contributed by atoms with Crippen molar-refractivity contribution in [1.29, 1.82) is 0 Å². The molecule has 0 saturated carbocycles. The molecule has 1 aromatic heterocycles. The van der Waals surface area contributed by atoms with Gasteiger partial charge in [-0.15, -0.1) is 5.10 Å². The highest BCUT2D eigenvalue weighted by atomic mass is 35.5. The van der Waals surface area contributed by atoms with E-state index >= 15 is 0 Å². The smallest absolute Gasteiger partial charge is 0.444 e. The zero-order chi connectivity index (χ0) is 28.9. The van der Waals surface area contributed by atoms with Crippen LogP contribution in [-0.4, -0.2) is 26.5 Å². The van der Waals surface area contributed by atoms with E-state index < -0.39 is 37.4 Å². The van der Waals surface area contributed by atoms with Crippen LogP contribution in [0.2, 0.25) is 10.0 Å². The third kappa shape index (κ3) is 7.75. The lowest BCUT2D eigenvalue weighted by Gasteiger charge is -2.20. The van der Waals surface area contributed by atoms with Crippen LogP contribution < -0.4 is 30.1 Å². The molecule has 0 aliphatic heterocycles. The topological polar surface area (TPSA) is 134 Å². The number of carbonyl (C=O) groups excluding carboxylic acids is 1. The molecule has 3 aromatic carbocycles. The Kier molecular flexibility index (Phi) is 8.99. The van der Waals surface area contributed by atoms with Gasteiger partial charge in [0.05, 0.1) is 15.7 Å². The lowest BCUT2D eigenvalue weighted by molar-refractivity contribution is 0.0634. The van der Waals surface area contributed by atoms with Gasteiger partial charge >= 0.3 is 20.4 Å². The van der Waals surface area contributed by atoms with Crippen molar-refractivity contribution in [2.24, 2.45) is 0 Å². The van der Waals surface area contributed by atoms with E-state index in [1.807, 2.05) is 12.1 Å². The number of aromatic amines is 1. The molecule has 2 N–H and O–H groups in total. The van der Waals surface area contributed by atoms with E-state index in [0.717, 1.165) is 4.68 Å². The van der Waals surface area contributed by atoms with E-state index in [1.165, 1.54) is 12.1 Å². The van der Waals surface area contributed by atoms with Crippen LogP contribution in [0.25, 0.3) is 5.69 Å². The number of nitrogens with zero attached hydrogens (tertiary/aromatic N) is 2. The second kappa shape index (κ2) is 12.4. The Labute approximate surface area is 239 Å². The molecular formula is C26H23Cl2N4O7P. The van der Waals surface area contributed by atoms with Crippen LogP contribution in [0, 0.1) is 0 Å². The first-order valence-corrected chi connectivity index (χ1v) is 13.5. The zero-order valence-corrected chi connectivity index (χ0v) is 23.8. The van der Waals surface area contributed by atoms with Gasteiger partial charge in [0.1, 0.15) is 17.1 Å². The van der Waals surface area contributed by atoms with E-state index in [9.17, 15) is 14.4 Å². The van der Waals surface area contributed by atoms with E-state index in [0.29, 0.717) is 11.5 Å². The summed E-state index contributed by atoms with van der Waals surface area (Å²) in [6.45, 7) is 4.96. The van der Waals surface area contributed by atoms with Crippen molar-refractivity contribution in [2.45, 2.75) is 26.4 Å². The second-order valence-corrected chi connectivity index (χ2v) is 10.8. The number of amides is 1.